The van der Waals surface area contributed by atoms with Crippen molar-refractivity contribution in [3.05, 3.63) is 35.1 Å². The fourth-order valence-corrected chi connectivity index (χ4v) is 3.74. The van der Waals surface area contributed by atoms with E-state index in [0.29, 0.717) is 10.8 Å². The van der Waals surface area contributed by atoms with Crippen LogP contribution in [0.5, 0.6) is 0 Å². The van der Waals surface area contributed by atoms with Crippen LogP contribution in [0.1, 0.15) is 24.9 Å². The van der Waals surface area contributed by atoms with Crippen molar-refractivity contribution in [2.24, 2.45) is 5.73 Å². The zero-order valence-corrected chi connectivity index (χ0v) is 12.2. The normalized spacial score (nSPS) is 21.9. The highest BCUT2D eigenvalue weighted by Crippen LogP contribution is 2.29. The van der Waals surface area contributed by atoms with Crippen molar-refractivity contribution >= 4 is 11.8 Å². The van der Waals surface area contributed by atoms with E-state index in [1.165, 1.54) is 0 Å². The number of halogens is 3. The molecular formula is C14H19F3N2S. The third-order valence-electron chi connectivity index (χ3n) is 3.68. The maximum absolute atomic E-state index is 13.4. The lowest BCUT2D eigenvalue weighted by molar-refractivity contribution is 0.206. The van der Waals surface area contributed by atoms with Gasteiger partial charge in [-0.25, -0.2) is 13.2 Å². The number of hydrogen-bond donors (Lipinski definition) is 1. The SMILES string of the molecule is CCC1CN(C(CN)c2cc(F)c(F)c(F)c2)CCS1. The second-order valence-corrected chi connectivity index (χ2v) is 6.35. The Bertz CT molecular complexity index is 447. The number of nitrogens with two attached hydrogens (primary N) is 1. The van der Waals surface area contributed by atoms with Gasteiger partial charge in [-0.3, -0.25) is 4.90 Å². The first-order valence-electron chi connectivity index (χ1n) is 6.77. The Morgan fingerprint density at radius 1 is 1.35 bits per heavy atom. The highest BCUT2D eigenvalue weighted by Gasteiger charge is 2.27. The van der Waals surface area contributed by atoms with E-state index in [2.05, 4.69) is 11.8 Å². The van der Waals surface area contributed by atoms with Crippen molar-refractivity contribution in [3.63, 3.8) is 0 Å². The molecule has 2 rings (SSSR count). The van der Waals surface area contributed by atoms with Crippen LogP contribution in [0, 0.1) is 17.5 Å². The van der Waals surface area contributed by atoms with Crippen LogP contribution >= 0.6 is 11.8 Å². The van der Waals surface area contributed by atoms with Crippen LogP contribution in [0.4, 0.5) is 13.2 Å². The number of rotatable bonds is 4. The Hall–Kier alpha value is -0.720. The molecular weight excluding hydrogens is 285 g/mol. The van der Waals surface area contributed by atoms with Crippen LogP contribution in [-0.4, -0.2) is 35.5 Å². The third-order valence-corrected chi connectivity index (χ3v) is 5.05. The lowest BCUT2D eigenvalue weighted by Crippen LogP contribution is -2.42. The number of benzene rings is 1. The molecule has 1 fully saturated rings. The van der Waals surface area contributed by atoms with E-state index in [4.69, 9.17) is 5.73 Å². The summed E-state index contributed by atoms with van der Waals surface area (Å²) in [7, 11) is 0. The maximum Gasteiger partial charge on any atom is 0.194 e. The molecule has 1 aromatic rings. The van der Waals surface area contributed by atoms with Crippen LogP contribution in [0.25, 0.3) is 0 Å². The predicted molar refractivity (Wildman–Crippen MR) is 76.2 cm³/mol. The average Bonchev–Trinajstić information content (AvgIpc) is 2.45. The van der Waals surface area contributed by atoms with E-state index in [-0.39, 0.29) is 12.6 Å². The van der Waals surface area contributed by atoms with E-state index < -0.39 is 17.5 Å². The van der Waals surface area contributed by atoms with Crippen molar-refractivity contribution in [3.8, 4) is 0 Å². The fraction of sp³-hybridized carbons (Fsp3) is 0.571. The van der Waals surface area contributed by atoms with Crippen LogP contribution in [0.2, 0.25) is 0 Å². The molecule has 0 amide bonds. The molecule has 0 aliphatic carbocycles. The molecule has 0 spiro atoms. The first kappa shape index (κ1) is 15.7. The van der Waals surface area contributed by atoms with Gasteiger partial charge in [0.15, 0.2) is 17.5 Å². The van der Waals surface area contributed by atoms with Gasteiger partial charge < -0.3 is 5.73 Å². The van der Waals surface area contributed by atoms with Crippen LogP contribution in [0.15, 0.2) is 12.1 Å². The molecule has 1 heterocycles. The molecule has 0 radical (unpaired) electrons. The fourth-order valence-electron chi connectivity index (χ4n) is 2.54. The Morgan fingerprint density at radius 2 is 2.00 bits per heavy atom. The molecule has 112 valence electrons. The zero-order valence-electron chi connectivity index (χ0n) is 11.4. The second kappa shape index (κ2) is 6.83. The van der Waals surface area contributed by atoms with E-state index in [1.54, 1.807) is 0 Å². The topological polar surface area (TPSA) is 29.3 Å². The lowest BCUT2D eigenvalue weighted by atomic mass is 10.0. The highest BCUT2D eigenvalue weighted by atomic mass is 32.2. The Labute approximate surface area is 121 Å². The minimum atomic E-state index is -1.43. The molecule has 0 aromatic heterocycles. The predicted octanol–water partition coefficient (Wildman–Crippen LogP) is 2.93. The first-order chi connectivity index (χ1) is 9.56. The Balaban J connectivity index is 2.23. The largest absolute Gasteiger partial charge is 0.329 e. The minimum absolute atomic E-state index is 0.256. The summed E-state index contributed by atoms with van der Waals surface area (Å²) in [6.45, 7) is 4.04. The number of nitrogens with zero attached hydrogens (tertiary/aromatic N) is 1. The van der Waals surface area contributed by atoms with Crippen molar-refractivity contribution < 1.29 is 13.2 Å². The number of thioether (sulfide) groups is 1. The van der Waals surface area contributed by atoms with Gasteiger partial charge >= 0.3 is 0 Å². The van der Waals surface area contributed by atoms with Gasteiger partial charge in [0.2, 0.25) is 0 Å². The van der Waals surface area contributed by atoms with Crippen LogP contribution in [-0.2, 0) is 0 Å². The monoisotopic (exact) mass is 304 g/mol. The van der Waals surface area contributed by atoms with Gasteiger partial charge in [0, 0.05) is 36.7 Å². The summed E-state index contributed by atoms with van der Waals surface area (Å²) >= 11 is 1.91. The zero-order chi connectivity index (χ0) is 14.7. The van der Waals surface area contributed by atoms with Crippen molar-refractivity contribution in [1.82, 2.24) is 4.90 Å². The van der Waals surface area contributed by atoms with Gasteiger partial charge in [0.25, 0.3) is 0 Å². The summed E-state index contributed by atoms with van der Waals surface area (Å²) in [6, 6.07) is 1.84. The molecule has 2 N–H and O–H groups in total. The van der Waals surface area contributed by atoms with Gasteiger partial charge in [-0.2, -0.15) is 11.8 Å². The molecule has 0 saturated carbocycles. The van der Waals surface area contributed by atoms with Crippen molar-refractivity contribution in [2.75, 3.05) is 25.4 Å². The molecule has 1 aromatic carbocycles. The maximum atomic E-state index is 13.4. The van der Waals surface area contributed by atoms with Gasteiger partial charge in [-0.15, -0.1) is 0 Å². The molecule has 20 heavy (non-hydrogen) atoms. The van der Waals surface area contributed by atoms with E-state index in [9.17, 15) is 13.2 Å². The molecule has 2 nitrogen and oxygen atoms in total. The van der Waals surface area contributed by atoms with Gasteiger partial charge in [0.1, 0.15) is 0 Å². The van der Waals surface area contributed by atoms with E-state index in [1.807, 2.05) is 11.8 Å². The molecule has 2 atom stereocenters. The Morgan fingerprint density at radius 3 is 2.55 bits per heavy atom. The molecule has 2 unspecified atom stereocenters. The van der Waals surface area contributed by atoms with Crippen LogP contribution in [0.3, 0.4) is 0 Å². The van der Waals surface area contributed by atoms with E-state index >= 15 is 0 Å². The lowest BCUT2D eigenvalue weighted by Gasteiger charge is -2.37. The van der Waals surface area contributed by atoms with Gasteiger partial charge in [-0.05, 0) is 24.1 Å². The smallest absolute Gasteiger partial charge is 0.194 e. The standard InChI is InChI=1S/C14H19F3N2S/c1-2-10-8-19(3-4-20-10)13(7-18)9-5-11(15)14(17)12(16)6-9/h5-6,10,13H,2-4,7-8,18H2,1H3. The molecule has 1 aliphatic rings. The van der Waals surface area contributed by atoms with Crippen LogP contribution < -0.4 is 5.73 Å². The summed E-state index contributed by atoms with van der Waals surface area (Å²) in [5.41, 5.74) is 6.18. The summed E-state index contributed by atoms with van der Waals surface area (Å²) in [5, 5.41) is 0.507. The van der Waals surface area contributed by atoms with Crippen molar-refractivity contribution in [2.45, 2.75) is 24.6 Å². The van der Waals surface area contributed by atoms with E-state index in [0.717, 1.165) is 37.4 Å². The molecule has 6 heteroatoms. The van der Waals surface area contributed by atoms with Crippen molar-refractivity contribution in [1.29, 1.82) is 0 Å². The summed E-state index contributed by atoms with van der Waals surface area (Å²) in [6.07, 6.45) is 1.05. The molecule has 1 aliphatic heterocycles. The summed E-state index contributed by atoms with van der Waals surface area (Å²) in [4.78, 5) is 2.14. The average molecular weight is 304 g/mol. The third kappa shape index (κ3) is 3.30. The molecule has 1 saturated heterocycles. The Kier molecular flexibility index (Phi) is 5.35. The summed E-state index contributed by atoms with van der Waals surface area (Å²) in [5.74, 6) is -2.76. The number of hydrogen-bond acceptors (Lipinski definition) is 3. The minimum Gasteiger partial charge on any atom is -0.329 e. The quantitative estimate of drug-likeness (QED) is 0.867. The first-order valence-corrected chi connectivity index (χ1v) is 7.81. The highest BCUT2D eigenvalue weighted by molar-refractivity contribution is 8.00. The van der Waals surface area contributed by atoms with Gasteiger partial charge in [-0.1, -0.05) is 6.92 Å². The summed E-state index contributed by atoms with van der Waals surface area (Å²) < 4.78 is 39.8. The van der Waals surface area contributed by atoms with Gasteiger partial charge in [0.05, 0.1) is 0 Å². The second-order valence-electron chi connectivity index (χ2n) is 4.95. The molecule has 0 bridgehead atoms.